The van der Waals surface area contributed by atoms with Gasteiger partial charge in [-0.25, -0.2) is 0 Å². The van der Waals surface area contributed by atoms with Gasteiger partial charge in [0.2, 0.25) is 0 Å². The van der Waals surface area contributed by atoms with Gasteiger partial charge in [-0.05, 0) is 17.4 Å². The van der Waals surface area contributed by atoms with Crippen LogP contribution in [-0.4, -0.2) is 11.1 Å². The molecular weight excluding hydrogens is 188 g/mol. The Bertz CT molecular complexity index is 328. The molecule has 0 spiro atoms. The van der Waals surface area contributed by atoms with Crippen LogP contribution in [0.1, 0.15) is 32.8 Å². The minimum Gasteiger partial charge on any atom is -0.481 e. The van der Waals surface area contributed by atoms with Crippen molar-refractivity contribution in [3.8, 4) is 0 Å². The zero-order chi connectivity index (χ0) is 11.5. The van der Waals surface area contributed by atoms with Crippen molar-refractivity contribution in [2.45, 2.75) is 32.6 Å². The average molecular weight is 206 g/mol. The molecule has 1 atom stereocenters. The first-order chi connectivity index (χ1) is 6.93. The molecule has 0 fully saturated rings. The first-order valence-corrected chi connectivity index (χ1v) is 5.22. The van der Waals surface area contributed by atoms with E-state index in [1.54, 1.807) is 6.92 Å². The van der Waals surface area contributed by atoms with Crippen molar-refractivity contribution in [3.05, 3.63) is 35.9 Å². The minimum absolute atomic E-state index is 0.0843. The smallest absolute Gasteiger partial charge is 0.306 e. The molecule has 15 heavy (non-hydrogen) atoms. The molecule has 0 saturated heterocycles. The lowest BCUT2D eigenvalue weighted by Crippen LogP contribution is -2.24. The molecule has 2 nitrogen and oxygen atoms in total. The molecule has 0 saturated carbocycles. The molecule has 82 valence electrons. The van der Waals surface area contributed by atoms with E-state index in [0.29, 0.717) is 6.42 Å². The lowest BCUT2D eigenvalue weighted by atomic mass is 9.77. The summed E-state index contributed by atoms with van der Waals surface area (Å²) in [5, 5.41) is 8.89. The lowest BCUT2D eigenvalue weighted by Gasteiger charge is -2.27. The highest BCUT2D eigenvalue weighted by molar-refractivity contribution is 5.69. The van der Waals surface area contributed by atoms with Gasteiger partial charge in [0.25, 0.3) is 0 Å². The van der Waals surface area contributed by atoms with Gasteiger partial charge in [-0.2, -0.15) is 0 Å². The Hall–Kier alpha value is -1.31. The number of carboxylic acid groups (broad SMARTS) is 1. The van der Waals surface area contributed by atoms with Crippen LogP contribution in [0.4, 0.5) is 0 Å². The molecule has 1 aromatic carbocycles. The molecule has 1 aromatic rings. The van der Waals surface area contributed by atoms with Crippen molar-refractivity contribution >= 4 is 5.97 Å². The Kier molecular flexibility index (Phi) is 3.51. The van der Waals surface area contributed by atoms with Crippen LogP contribution < -0.4 is 0 Å². The van der Waals surface area contributed by atoms with E-state index in [4.69, 9.17) is 5.11 Å². The summed E-state index contributed by atoms with van der Waals surface area (Å²) in [6.45, 7) is 5.93. The summed E-state index contributed by atoms with van der Waals surface area (Å²) in [5.74, 6) is -1.03. The van der Waals surface area contributed by atoms with Crippen molar-refractivity contribution in [3.63, 3.8) is 0 Å². The Labute approximate surface area is 90.9 Å². The number of hydrogen-bond donors (Lipinski definition) is 1. The first-order valence-electron chi connectivity index (χ1n) is 5.22. The van der Waals surface area contributed by atoms with Crippen molar-refractivity contribution in [2.75, 3.05) is 0 Å². The molecule has 0 aliphatic heterocycles. The van der Waals surface area contributed by atoms with Crippen LogP contribution in [0, 0.1) is 5.92 Å². The van der Waals surface area contributed by atoms with E-state index in [-0.39, 0.29) is 11.3 Å². The maximum atomic E-state index is 10.8. The van der Waals surface area contributed by atoms with Gasteiger partial charge >= 0.3 is 5.97 Å². The van der Waals surface area contributed by atoms with Gasteiger partial charge in [0.05, 0.1) is 5.92 Å². The Morgan fingerprint density at radius 2 is 1.87 bits per heavy atom. The van der Waals surface area contributed by atoms with Crippen molar-refractivity contribution < 1.29 is 9.90 Å². The molecule has 0 heterocycles. The quantitative estimate of drug-likeness (QED) is 0.822. The van der Waals surface area contributed by atoms with Gasteiger partial charge in [0.15, 0.2) is 0 Å². The molecule has 0 radical (unpaired) electrons. The minimum atomic E-state index is -0.723. The highest BCUT2D eigenvalue weighted by Crippen LogP contribution is 2.30. The fourth-order valence-corrected chi connectivity index (χ4v) is 1.86. The summed E-state index contributed by atoms with van der Waals surface area (Å²) in [7, 11) is 0. The summed E-state index contributed by atoms with van der Waals surface area (Å²) in [4.78, 5) is 10.8. The normalized spacial score (nSPS) is 13.5. The van der Waals surface area contributed by atoms with Gasteiger partial charge < -0.3 is 5.11 Å². The van der Waals surface area contributed by atoms with Gasteiger partial charge in [-0.1, -0.05) is 51.1 Å². The van der Waals surface area contributed by atoms with Crippen molar-refractivity contribution in [1.29, 1.82) is 0 Å². The van der Waals surface area contributed by atoms with Crippen LogP contribution in [0.2, 0.25) is 0 Å². The molecule has 0 amide bonds. The number of rotatable bonds is 4. The maximum Gasteiger partial charge on any atom is 0.306 e. The lowest BCUT2D eigenvalue weighted by molar-refractivity contribution is -0.141. The van der Waals surface area contributed by atoms with Crippen LogP contribution in [0.15, 0.2) is 30.3 Å². The summed E-state index contributed by atoms with van der Waals surface area (Å²) in [5.41, 5.74) is 1.11. The van der Waals surface area contributed by atoms with Gasteiger partial charge in [-0.15, -0.1) is 0 Å². The molecule has 1 N–H and O–H groups in total. The topological polar surface area (TPSA) is 37.3 Å². The zero-order valence-electron chi connectivity index (χ0n) is 9.53. The van der Waals surface area contributed by atoms with E-state index in [9.17, 15) is 4.79 Å². The fraction of sp³-hybridized carbons (Fsp3) is 0.462. The predicted octanol–water partition coefficient (Wildman–Crippen LogP) is 3.08. The van der Waals surface area contributed by atoms with E-state index in [1.165, 1.54) is 5.56 Å². The molecule has 0 aliphatic rings. The van der Waals surface area contributed by atoms with Gasteiger partial charge in [0, 0.05) is 0 Å². The third-order valence-electron chi connectivity index (χ3n) is 2.79. The van der Waals surface area contributed by atoms with Crippen LogP contribution in [0.5, 0.6) is 0 Å². The highest BCUT2D eigenvalue weighted by Gasteiger charge is 2.26. The second-order valence-electron chi connectivity index (χ2n) is 4.69. The number of carbonyl (C=O) groups is 1. The summed E-state index contributed by atoms with van der Waals surface area (Å²) < 4.78 is 0. The monoisotopic (exact) mass is 206 g/mol. The van der Waals surface area contributed by atoms with E-state index in [0.717, 1.165) is 0 Å². The second kappa shape index (κ2) is 4.47. The maximum absolute atomic E-state index is 10.8. The summed E-state index contributed by atoms with van der Waals surface area (Å²) in [6.07, 6.45) is 0.659. The molecule has 0 unspecified atom stereocenters. The van der Waals surface area contributed by atoms with E-state index in [2.05, 4.69) is 26.0 Å². The van der Waals surface area contributed by atoms with Crippen LogP contribution >= 0.6 is 0 Å². The van der Waals surface area contributed by atoms with E-state index < -0.39 is 5.97 Å². The van der Waals surface area contributed by atoms with Gasteiger partial charge in [0.1, 0.15) is 0 Å². The van der Waals surface area contributed by atoms with Crippen molar-refractivity contribution in [2.24, 2.45) is 5.92 Å². The predicted molar refractivity (Wildman–Crippen MR) is 60.9 cm³/mol. The largest absolute Gasteiger partial charge is 0.481 e. The van der Waals surface area contributed by atoms with Crippen molar-refractivity contribution in [1.82, 2.24) is 0 Å². The second-order valence-corrected chi connectivity index (χ2v) is 4.69. The Morgan fingerprint density at radius 1 is 1.33 bits per heavy atom. The highest BCUT2D eigenvalue weighted by atomic mass is 16.4. The fourth-order valence-electron chi connectivity index (χ4n) is 1.86. The molecular formula is C13H18O2. The molecule has 0 aromatic heterocycles. The van der Waals surface area contributed by atoms with E-state index in [1.807, 2.05) is 18.2 Å². The first kappa shape index (κ1) is 11.8. The molecule has 0 bridgehead atoms. The van der Waals surface area contributed by atoms with Gasteiger partial charge in [-0.3, -0.25) is 4.79 Å². The molecule has 0 aliphatic carbocycles. The number of benzene rings is 1. The Balaban J connectivity index is 2.80. The van der Waals surface area contributed by atoms with E-state index >= 15 is 0 Å². The summed E-state index contributed by atoms with van der Waals surface area (Å²) in [6, 6.07) is 10.0. The summed E-state index contributed by atoms with van der Waals surface area (Å²) >= 11 is 0. The molecule has 2 heteroatoms. The standard InChI is InChI=1S/C13H18O2/c1-10(12(14)15)9-13(2,3)11-7-5-4-6-8-11/h4-8,10H,9H2,1-3H3,(H,14,15)/t10-/m1/s1. The average Bonchev–Trinajstić information content (AvgIpc) is 2.18. The number of hydrogen-bond acceptors (Lipinski definition) is 1. The number of aliphatic carboxylic acids is 1. The zero-order valence-corrected chi connectivity index (χ0v) is 9.53. The van der Waals surface area contributed by atoms with Crippen LogP contribution in [0.25, 0.3) is 0 Å². The number of carboxylic acids is 1. The third kappa shape index (κ3) is 3.08. The van der Waals surface area contributed by atoms with Crippen LogP contribution in [-0.2, 0) is 10.2 Å². The van der Waals surface area contributed by atoms with Crippen LogP contribution in [0.3, 0.4) is 0 Å². The SMILES string of the molecule is C[C@H](CC(C)(C)c1ccccc1)C(=O)O. The third-order valence-corrected chi connectivity index (χ3v) is 2.79. The molecule has 1 rings (SSSR count). The Morgan fingerprint density at radius 3 is 2.33 bits per heavy atom.